The van der Waals surface area contributed by atoms with Crippen LogP contribution in [0.2, 0.25) is 0 Å². The summed E-state index contributed by atoms with van der Waals surface area (Å²) >= 11 is 1.52. The number of rotatable bonds is 7. The van der Waals surface area contributed by atoms with Gasteiger partial charge in [0, 0.05) is 23.4 Å². The number of aliphatic imine (C=N–C) groups is 1. The Kier molecular flexibility index (Phi) is 6.58. The molecule has 0 fully saturated rings. The molecular formula is C16H20BN4O2S. The SMILES string of the molecule is CCCN(OCC)C(=O)C1=Cc2sc(C[B]C#N)cc2N=C(N)C1. The molecule has 8 heteroatoms. The first kappa shape index (κ1) is 18.2. The molecule has 0 unspecified atom stereocenters. The van der Waals surface area contributed by atoms with Crippen molar-refractivity contribution < 1.29 is 9.63 Å². The summed E-state index contributed by atoms with van der Waals surface area (Å²) in [7, 11) is 1.53. The van der Waals surface area contributed by atoms with E-state index >= 15 is 0 Å². The summed E-state index contributed by atoms with van der Waals surface area (Å²) in [5, 5.41) is 10.1. The smallest absolute Gasteiger partial charge is 0.273 e. The number of nitrogens with zero attached hydrogens (tertiary/aromatic N) is 3. The molecule has 0 saturated heterocycles. The molecule has 2 N–H and O–H groups in total. The predicted molar refractivity (Wildman–Crippen MR) is 96.9 cm³/mol. The second-order valence-electron chi connectivity index (χ2n) is 5.27. The number of nitriles is 1. The average Bonchev–Trinajstić information content (AvgIpc) is 2.85. The van der Waals surface area contributed by atoms with Crippen molar-refractivity contribution in [2.24, 2.45) is 10.7 Å². The fourth-order valence-electron chi connectivity index (χ4n) is 2.36. The molecule has 0 saturated carbocycles. The molecular weight excluding hydrogens is 323 g/mol. The van der Waals surface area contributed by atoms with Crippen molar-refractivity contribution in [3.05, 3.63) is 21.4 Å². The van der Waals surface area contributed by atoms with Crippen molar-refractivity contribution >= 4 is 42.1 Å². The lowest BCUT2D eigenvalue weighted by Gasteiger charge is -2.21. The Morgan fingerprint density at radius 3 is 3.04 bits per heavy atom. The van der Waals surface area contributed by atoms with E-state index in [9.17, 15) is 4.79 Å². The van der Waals surface area contributed by atoms with Crippen LogP contribution in [0.25, 0.3) is 6.08 Å². The molecule has 125 valence electrons. The third-order valence-corrected chi connectivity index (χ3v) is 4.43. The van der Waals surface area contributed by atoms with E-state index in [4.69, 9.17) is 15.8 Å². The Morgan fingerprint density at radius 2 is 2.38 bits per heavy atom. The highest BCUT2D eigenvalue weighted by atomic mass is 32.1. The van der Waals surface area contributed by atoms with Crippen molar-refractivity contribution in [3.8, 4) is 5.97 Å². The van der Waals surface area contributed by atoms with Gasteiger partial charge in [0.15, 0.2) is 0 Å². The maximum atomic E-state index is 12.7. The van der Waals surface area contributed by atoms with Gasteiger partial charge < -0.3 is 5.73 Å². The lowest BCUT2D eigenvalue weighted by Crippen LogP contribution is -2.34. The van der Waals surface area contributed by atoms with Gasteiger partial charge in [-0.2, -0.15) is 0 Å². The molecule has 1 amide bonds. The standard InChI is InChI=1S/C16H20BN4O2S/c1-3-5-21(23-4-2)16(22)11-6-14-13(20-15(19)7-11)8-12(24-14)9-17-10-18/h6,8H,3-5,7,9H2,1-2H3,(H2,19,20). The quantitative estimate of drug-likeness (QED) is 0.608. The minimum Gasteiger partial charge on any atom is -0.387 e. The van der Waals surface area contributed by atoms with Gasteiger partial charge in [-0.3, -0.25) is 9.63 Å². The van der Waals surface area contributed by atoms with Crippen LogP contribution >= 0.6 is 11.3 Å². The Balaban J connectivity index is 2.30. The number of hydrogen-bond donors (Lipinski definition) is 1. The molecule has 6 nitrogen and oxygen atoms in total. The first-order valence-electron chi connectivity index (χ1n) is 7.91. The van der Waals surface area contributed by atoms with Gasteiger partial charge in [-0.05, 0) is 37.8 Å². The van der Waals surface area contributed by atoms with Crippen LogP contribution in [0.3, 0.4) is 0 Å². The lowest BCUT2D eigenvalue weighted by atomic mass is 9.77. The maximum absolute atomic E-state index is 12.7. The monoisotopic (exact) mass is 343 g/mol. The molecule has 0 aliphatic carbocycles. The van der Waals surface area contributed by atoms with E-state index in [1.165, 1.54) is 23.7 Å². The van der Waals surface area contributed by atoms with Gasteiger partial charge in [0.2, 0.25) is 0 Å². The number of hydrogen-bond acceptors (Lipinski definition) is 6. The van der Waals surface area contributed by atoms with E-state index in [2.05, 4.69) is 4.99 Å². The van der Waals surface area contributed by atoms with Gasteiger partial charge >= 0.3 is 0 Å². The van der Waals surface area contributed by atoms with Gasteiger partial charge in [-0.1, -0.05) is 6.92 Å². The van der Waals surface area contributed by atoms with Crippen molar-refractivity contribution in [2.45, 2.75) is 33.0 Å². The summed E-state index contributed by atoms with van der Waals surface area (Å²) in [5.74, 6) is 2.24. The second-order valence-corrected chi connectivity index (χ2v) is 6.44. The summed E-state index contributed by atoms with van der Waals surface area (Å²) < 4.78 is 0. The number of hydroxylamine groups is 2. The van der Waals surface area contributed by atoms with Crippen LogP contribution in [-0.2, 0) is 16.0 Å². The summed E-state index contributed by atoms with van der Waals surface area (Å²) in [6, 6.07) is 1.91. The number of amidine groups is 1. The number of carbonyl (C=O) groups is 1. The van der Waals surface area contributed by atoms with Crippen molar-refractivity contribution in [2.75, 3.05) is 13.2 Å². The van der Waals surface area contributed by atoms with E-state index in [0.717, 1.165) is 21.9 Å². The lowest BCUT2D eigenvalue weighted by molar-refractivity contribution is -0.180. The highest BCUT2D eigenvalue weighted by Crippen LogP contribution is 2.34. The fourth-order valence-corrected chi connectivity index (χ4v) is 3.39. The number of carbonyl (C=O) groups excluding carboxylic acids is 1. The number of thiophene rings is 1. The van der Waals surface area contributed by atoms with Crippen molar-refractivity contribution in [1.29, 1.82) is 5.26 Å². The molecule has 1 aromatic heterocycles. The summed E-state index contributed by atoms with van der Waals surface area (Å²) in [6.45, 7) is 4.80. The van der Waals surface area contributed by atoms with Crippen LogP contribution in [-0.4, -0.2) is 37.2 Å². The minimum absolute atomic E-state index is 0.178. The van der Waals surface area contributed by atoms with E-state index in [0.29, 0.717) is 37.3 Å². The second kappa shape index (κ2) is 8.66. The third-order valence-electron chi connectivity index (χ3n) is 3.34. The maximum Gasteiger partial charge on any atom is 0.273 e. The minimum atomic E-state index is -0.178. The molecule has 1 radical (unpaired) electrons. The Bertz CT molecular complexity index is 699. The first-order valence-corrected chi connectivity index (χ1v) is 8.73. The van der Waals surface area contributed by atoms with Crippen LogP contribution in [0.15, 0.2) is 16.6 Å². The number of fused-ring (bicyclic) bond motifs is 1. The summed E-state index contributed by atoms with van der Waals surface area (Å²) in [5.41, 5.74) is 7.29. The van der Waals surface area contributed by atoms with Crippen molar-refractivity contribution in [3.63, 3.8) is 0 Å². The highest BCUT2D eigenvalue weighted by molar-refractivity contribution is 7.13. The fraction of sp³-hybridized carbons (Fsp3) is 0.438. The van der Waals surface area contributed by atoms with Gasteiger partial charge in [-0.15, -0.1) is 11.3 Å². The Morgan fingerprint density at radius 1 is 1.58 bits per heavy atom. The van der Waals surface area contributed by atoms with Gasteiger partial charge in [-0.25, -0.2) is 15.3 Å². The third kappa shape index (κ3) is 4.46. The molecule has 1 aromatic rings. The topological polar surface area (TPSA) is 91.7 Å². The highest BCUT2D eigenvalue weighted by Gasteiger charge is 2.22. The van der Waals surface area contributed by atoms with E-state index in [1.807, 2.05) is 32.0 Å². The van der Waals surface area contributed by atoms with Crippen LogP contribution in [0.1, 0.15) is 36.4 Å². The zero-order chi connectivity index (χ0) is 17.5. The van der Waals surface area contributed by atoms with Crippen LogP contribution in [0, 0.1) is 11.2 Å². The number of amides is 1. The Labute approximate surface area is 146 Å². The molecule has 0 bridgehead atoms. The Hall–Kier alpha value is -2.11. The van der Waals surface area contributed by atoms with Crippen molar-refractivity contribution in [1.82, 2.24) is 5.06 Å². The molecule has 2 heterocycles. The zero-order valence-electron chi connectivity index (χ0n) is 13.9. The van der Waals surface area contributed by atoms with E-state index in [-0.39, 0.29) is 5.91 Å². The molecule has 0 spiro atoms. The van der Waals surface area contributed by atoms with Crippen LogP contribution in [0.5, 0.6) is 0 Å². The molecule has 0 aromatic carbocycles. The van der Waals surface area contributed by atoms with Gasteiger partial charge in [0.05, 0.1) is 17.2 Å². The molecule has 2 rings (SSSR count). The van der Waals surface area contributed by atoms with E-state index in [1.54, 1.807) is 0 Å². The molecule has 1 aliphatic rings. The van der Waals surface area contributed by atoms with Crippen LogP contribution in [0.4, 0.5) is 5.69 Å². The number of nitrogens with two attached hydrogens (primary N) is 1. The summed E-state index contributed by atoms with van der Waals surface area (Å²) in [6.07, 6.45) is 3.50. The average molecular weight is 343 g/mol. The predicted octanol–water partition coefficient (Wildman–Crippen LogP) is 2.40. The van der Waals surface area contributed by atoms with Gasteiger partial charge in [0.25, 0.3) is 13.2 Å². The van der Waals surface area contributed by atoms with Crippen LogP contribution < -0.4 is 5.73 Å². The molecule has 0 atom stereocenters. The normalized spacial score (nSPS) is 13.2. The first-order chi connectivity index (χ1) is 11.6. The largest absolute Gasteiger partial charge is 0.387 e. The zero-order valence-corrected chi connectivity index (χ0v) is 14.7. The molecule has 24 heavy (non-hydrogen) atoms. The molecule has 1 aliphatic heterocycles. The van der Waals surface area contributed by atoms with E-state index < -0.39 is 0 Å². The summed E-state index contributed by atoms with van der Waals surface area (Å²) in [4.78, 5) is 24.5. The van der Waals surface area contributed by atoms with Gasteiger partial charge in [0.1, 0.15) is 5.84 Å².